The van der Waals surface area contributed by atoms with Crippen molar-refractivity contribution in [2.45, 2.75) is 54.1 Å². The van der Waals surface area contributed by atoms with E-state index in [0.29, 0.717) is 0 Å². The number of benzene rings is 3. The van der Waals surface area contributed by atoms with Gasteiger partial charge in [-0.2, -0.15) is 88.7 Å². The molecule has 0 aliphatic heterocycles. The van der Waals surface area contributed by atoms with Crippen molar-refractivity contribution in [3.05, 3.63) is 65.7 Å². The van der Waals surface area contributed by atoms with Gasteiger partial charge >= 0.3 is 47.6 Å². The third kappa shape index (κ3) is 6.96. The zero-order chi connectivity index (χ0) is 41.7. The molecule has 0 amide bonds. The number of rotatable bonds is 14. The second-order valence-electron chi connectivity index (χ2n) is 10.7. The van der Waals surface area contributed by atoms with E-state index >= 15 is 8.78 Å². The lowest BCUT2D eigenvalue weighted by Gasteiger charge is -2.42. The highest BCUT2D eigenvalue weighted by atomic mass is 19.4. The molecule has 0 heterocycles. The molecule has 0 aromatic heterocycles. The van der Waals surface area contributed by atoms with Gasteiger partial charge in [-0.05, 0) is 48.5 Å². The molecular formula is C29H16F19N3O3. The molecular weight excluding hydrogens is 799 g/mol. The first-order valence-electron chi connectivity index (χ1n) is 13.7. The number of nitriles is 1. The molecule has 0 fully saturated rings. The summed E-state index contributed by atoms with van der Waals surface area (Å²) in [5.41, 5.74) is 9.97. The van der Waals surface area contributed by atoms with Crippen LogP contribution in [0.1, 0.15) is 12.0 Å². The van der Waals surface area contributed by atoms with Gasteiger partial charge in [-0.25, -0.2) is 0 Å². The molecule has 3 aromatic rings. The van der Waals surface area contributed by atoms with Gasteiger partial charge in [0.1, 0.15) is 23.1 Å². The van der Waals surface area contributed by atoms with Crippen LogP contribution in [0.15, 0.2) is 48.5 Å². The van der Waals surface area contributed by atoms with Crippen molar-refractivity contribution in [3.8, 4) is 34.8 Å². The molecule has 0 aliphatic carbocycles. The van der Waals surface area contributed by atoms with Crippen molar-refractivity contribution >= 4 is 11.4 Å². The number of anilines is 2. The first kappa shape index (κ1) is 43.2. The zero-order valence-corrected chi connectivity index (χ0v) is 25.5. The quantitative estimate of drug-likeness (QED) is 0.124. The van der Waals surface area contributed by atoms with Crippen LogP contribution in [0.2, 0.25) is 0 Å². The maximum Gasteiger partial charge on any atom is 0.460 e. The van der Waals surface area contributed by atoms with Crippen LogP contribution < -0.4 is 25.7 Å². The molecule has 3 rings (SSSR count). The fraction of sp³-hybridized carbons (Fsp3) is 0.345. The number of halogens is 19. The first-order chi connectivity index (χ1) is 24.3. The average Bonchev–Trinajstić information content (AvgIpc) is 3.05. The second kappa shape index (κ2) is 13.9. The Hall–Kier alpha value is -5.18. The molecule has 298 valence electrons. The van der Waals surface area contributed by atoms with Crippen molar-refractivity contribution in [2.75, 3.05) is 18.1 Å². The van der Waals surface area contributed by atoms with Gasteiger partial charge in [0.2, 0.25) is 11.6 Å². The number of hydrogen-bond acceptors (Lipinski definition) is 6. The lowest BCUT2D eigenvalue weighted by molar-refractivity contribution is -0.461. The van der Waals surface area contributed by atoms with E-state index < -0.39 is 107 Å². The molecule has 0 radical (unpaired) electrons. The van der Waals surface area contributed by atoms with E-state index in [1.165, 1.54) is 6.07 Å². The Bertz CT molecular complexity index is 1800. The minimum atomic E-state index is -8.84. The van der Waals surface area contributed by atoms with E-state index in [4.69, 9.17) is 20.9 Å². The standard InChI is InChI=1S/C29H16F19N3O3/c30-17-19(53-14-5-1-12(50)2-6-14)16(11-49)20(54-15-7-3-13(51)4-8-15)18(31)21(17)52-10-9-22(32,33)23(34,35)24(36,37)25(38,39)26(40,41)27(42,43)28(44,45)29(46,47)48/h1-8H,9-10,50-51H2. The number of ether oxygens (including phenoxy) is 3. The summed E-state index contributed by atoms with van der Waals surface area (Å²) in [6, 6.07) is 9.87. The minimum Gasteiger partial charge on any atom is -0.487 e. The monoisotopic (exact) mass is 815 g/mol. The first-order valence-corrected chi connectivity index (χ1v) is 13.7. The summed E-state index contributed by atoms with van der Waals surface area (Å²) in [5.74, 6) is -68.2. The van der Waals surface area contributed by atoms with Crippen LogP contribution in [0, 0.1) is 23.0 Å². The van der Waals surface area contributed by atoms with E-state index in [9.17, 15) is 79.9 Å². The summed E-state index contributed by atoms with van der Waals surface area (Å²) in [6.07, 6.45) is -11.1. The molecule has 0 aliphatic rings. The molecule has 0 spiro atoms. The molecule has 4 N–H and O–H groups in total. The molecule has 0 atom stereocenters. The lowest BCUT2D eigenvalue weighted by atomic mass is 9.88. The molecule has 25 heteroatoms. The summed E-state index contributed by atoms with van der Waals surface area (Å²) in [5, 5.41) is 9.65. The van der Waals surface area contributed by atoms with Crippen LogP contribution >= 0.6 is 0 Å². The molecule has 6 nitrogen and oxygen atoms in total. The minimum absolute atomic E-state index is 0.0802. The van der Waals surface area contributed by atoms with Gasteiger partial charge in [0.25, 0.3) is 0 Å². The third-order valence-electron chi connectivity index (χ3n) is 7.01. The largest absolute Gasteiger partial charge is 0.487 e. The molecule has 0 bridgehead atoms. The lowest BCUT2D eigenvalue weighted by Crippen LogP contribution is -2.74. The topological polar surface area (TPSA) is 104 Å². The fourth-order valence-corrected chi connectivity index (χ4v) is 3.99. The smallest absolute Gasteiger partial charge is 0.460 e. The second-order valence-corrected chi connectivity index (χ2v) is 10.7. The van der Waals surface area contributed by atoms with E-state index in [1.807, 2.05) is 0 Å². The predicted octanol–water partition coefficient (Wildman–Crippen LogP) is 10.4. The molecule has 0 unspecified atom stereocenters. The number of nitrogens with two attached hydrogens (primary N) is 2. The van der Waals surface area contributed by atoms with E-state index in [2.05, 4.69) is 4.74 Å². The Labute approximate surface area is 287 Å². The highest BCUT2D eigenvalue weighted by Gasteiger charge is 2.95. The summed E-state index contributed by atoms with van der Waals surface area (Å²) >= 11 is 0. The Balaban J connectivity index is 2.05. The van der Waals surface area contributed by atoms with Gasteiger partial charge in [-0.3, -0.25) is 0 Å². The summed E-state index contributed by atoms with van der Waals surface area (Å²) in [7, 11) is 0. The van der Waals surface area contributed by atoms with Crippen molar-refractivity contribution in [1.82, 2.24) is 0 Å². The van der Waals surface area contributed by atoms with Crippen LogP contribution in [0.4, 0.5) is 94.8 Å². The summed E-state index contributed by atoms with van der Waals surface area (Å²) in [6.45, 7) is -2.43. The Morgan fingerprint density at radius 3 is 1.17 bits per heavy atom. The van der Waals surface area contributed by atoms with Crippen LogP contribution in [0.3, 0.4) is 0 Å². The van der Waals surface area contributed by atoms with Gasteiger partial charge in [0.15, 0.2) is 17.2 Å². The highest BCUT2D eigenvalue weighted by Crippen LogP contribution is 2.64. The molecule has 3 aromatic carbocycles. The van der Waals surface area contributed by atoms with Gasteiger partial charge in [0, 0.05) is 11.4 Å². The number of hydrogen-bond donors (Lipinski definition) is 2. The Morgan fingerprint density at radius 1 is 0.500 bits per heavy atom. The van der Waals surface area contributed by atoms with Gasteiger partial charge in [-0.1, -0.05) is 0 Å². The number of alkyl halides is 17. The maximum atomic E-state index is 15.6. The Morgan fingerprint density at radius 2 is 0.833 bits per heavy atom. The van der Waals surface area contributed by atoms with Crippen molar-refractivity contribution < 1.29 is 97.6 Å². The fourth-order valence-electron chi connectivity index (χ4n) is 3.99. The van der Waals surface area contributed by atoms with Crippen LogP contribution in [0.25, 0.3) is 0 Å². The predicted molar refractivity (Wildman–Crippen MR) is 144 cm³/mol. The van der Waals surface area contributed by atoms with Crippen molar-refractivity contribution in [3.63, 3.8) is 0 Å². The van der Waals surface area contributed by atoms with Crippen molar-refractivity contribution in [1.29, 1.82) is 5.26 Å². The normalized spacial score (nSPS) is 13.7. The molecule has 0 saturated heterocycles. The molecule has 0 saturated carbocycles. The number of nitrogen functional groups attached to an aromatic ring is 2. The summed E-state index contributed by atoms with van der Waals surface area (Å²) < 4.78 is 277. The van der Waals surface area contributed by atoms with Gasteiger partial charge in [0.05, 0.1) is 13.0 Å². The Kier molecular flexibility index (Phi) is 11.1. The SMILES string of the molecule is N#Cc1c(Oc2ccc(N)cc2)c(F)c(OCCC(F)(F)C(F)(F)C(F)(F)C(F)(F)C(F)(F)C(F)(F)C(F)(F)C(F)(F)F)c(F)c1Oc1ccc(N)cc1. The van der Waals surface area contributed by atoms with E-state index in [0.717, 1.165) is 48.5 Å². The van der Waals surface area contributed by atoms with Crippen molar-refractivity contribution in [2.24, 2.45) is 0 Å². The van der Waals surface area contributed by atoms with Crippen LogP contribution in [-0.2, 0) is 0 Å². The van der Waals surface area contributed by atoms with E-state index in [1.54, 1.807) is 0 Å². The summed E-state index contributed by atoms with van der Waals surface area (Å²) in [4.78, 5) is 0. The maximum absolute atomic E-state index is 15.6. The number of nitrogens with zero attached hydrogens (tertiary/aromatic N) is 1. The third-order valence-corrected chi connectivity index (χ3v) is 7.01. The highest BCUT2D eigenvalue weighted by molar-refractivity contribution is 5.61. The van der Waals surface area contributed by atoms with Gasteiger partial charge < -0.3 is 25.7 Å². The van der Waals surface area contributed by atoms with Gasteiger partial charge in [-0.15, -0.1) is 0 Å². The molecule has 54 heavy (non-hydrogen) atoms. The van der Waals surface area contributed by atoms with E-state index in [-0.39, 0.29) is 11.4 Å². The van der Waals surface area contributed by atoms with Crippen LogP contribution in [-0.4, -0.2) is 54.2 Å². The average molecular weight is 815 g/mol. The van der Waals surface area contributed by atoms with Crippen LogP contribution in [0.5, 0.6) is 28.7 Å². The zero-order valence-electron chi connectivity index (χ0n) is 25.5.